The molecule has 1 atom stereocenters. The third-order valence-corrected chi connectivity index (χ3v) is 7.00. The Hall–Kier alpha value is -1.79. The second kappa shape index (κ2) is 6.18. The molecule has 2 aromatic carbocycles. The predicted octanol–water partition coefficient (Wildman–Crippen LogP) is 4.20. The Morgan fingerprint density at radius 2 is 1.76 bits per heavy atom. The van der Waals surface area contributed by atoms with Crippen LogP contribution < -0.4 is 0 Å². The van der Waals surface area contributed by atoms with E-state index in [0.29, 0.717) is 6.07 Å². The highest BCUT2D eigenvalue weighted by molar-refractivity contribution is 7.89. The molecule has 2 aliphatic carbocycles. The highest BCUT2D eigenvalue weighted by Crippen LogP contribution is 2.44. The summed E-state index contributed by atoms with van der Waals surface area (Å²) in [5.74, 6) is -1.81. The average molecular weight is 363 g/mol. The summed E-state index contributed by atoms with van der Waals surface area (Å²) in [4.78, 5) is -0.441. The van der Waals surface area contributed by atoms with Crippen LogP contribution in [0.25, 0.3) is 0 Å². The van der Waals surface area contributed by atoms with E-state index in [0.717, 1.165) is 55.4 Å². The molecule has 0 spiro atoms. The van der Waals surface area contributed by atoms with Gasteiger partial charge in [-0.2, -0.15) is 4.31 Å². The van der Waals surface area contributed by atoms with Gasteiger partial charge in [-0.15, -0.1) is 0 Å². The molecule has 0 aromatic heterocycles. The van der Waals surface area contributed by atoms with Crippen molar-refractivity contribution >= 4 is 10.0 Å². The van der Waals surface area contributed by atoms with E-state index in [9.17, 15) is 17.2 Å². The minimum Gasteiger partial charge on any atom is -0.207 e. The van der Waals surface area contributed by atoms with Gasteiger partial charge in [0.2, 0.25) is 10.0 Å². The first-order valence-corrected chi connectivity index (χ1v) is 9.99. The zero-order valence-electron chi connectivity index (χ0n) is 13.7. The molecule has 0 bridgehead atoms. The second-order valence-electron chi connectivity index (χ2n) is 6.75. The fourth-order valence-electron chi connectivity index (χ4n) is 3.74. The van der Waals surface area contributed by atoms with Crippen LogP contribution in [0.4, 0.5) is 8.78 Å². The maximum Gasteiger partial charge on any atom is 0.246 e. The maximum atomic E-state index is 14.2. The number of benzene rings is 2. The Labute approximate surface area is 146 Å². The summed E-state index contributed by atoms with van der Waals surface area (Å²) in [6, 6.07) is 10.1. The van der Waals surface area contributed by atoms with Crippen molar-refractivity contribution < 1.29 is 17.2 Å². The lowest BCUT2D eigenvalue weighted by Crippen LogP contribution is -2.38. The Balaban J connectivity index is 1.80. The van der Waals surface area contributed by atoms with E-state index < -0.39 is 26.6 Å². The molecule has 0 unspecified atom stereocenters. The zero-order valence-corrected chi connectivity index (χ0v) is 14.5. The van der Waals surface area contributed by atoms with Gasteiger partial charge >= 0.3 is 0 Å². The van der Waals surface area contributed by atoms with Gasteiger partial charge in [0, 0.05) is 12.1 Å². The number of nitrogens with zero attached hydrogens (tertiary/aromatic N) is 1. The van der Waals surface area contributed by atoms with E-state index in [1.807, 2.05) is 24.3 Å². The van der Waals surface area contributed by atoms with Crippen molar-refractivity contribution in [1.29, 1.82) is 0 Å². The molecule has 4 rings (SSSR count). The molecular weight excluding hydrogens is 344 g/mol. The monoisotopic (exact) mass is 363 g/mol. The van der Waals surface area contributed by atoms with Gasteiger partial charge in [0.15, 0.2) is 0 Å². The first-order chi connectivity index (χ1) is 12.0. The standard InChI is InChI=1S/C19H19F2NO2S/c20-14-8-11-19(17(21)12-14)25(23,24)22(15-9-10-15)18-7-3-5-13-4-1-2-6-16(13)18/h1-2,4,6,8,11-12,15,18H,3,5,7,9-10H2/t18-/m0/s1. The molecule has 25 heavy (non-hydrogen) atoms. The van der Waals surface area contributed by atoms with Crippen molar-refractivity contribution in [2.45, 2.75) is 49.1 Å². The van der Waals surface area contributed by atoms with E-state index >= 15 is 0 Å². The molecule has 2 aromatic rings. The van der Waals surface area contributed by atoms with Crippen LogP contribution in [-0.2, 0) is 16.4 Å². The Kier molecular flexibility index (Phi) is 4.12. The van der Waals surface area contributed by atoms with Crippen LogP contribution in [0.1, 0.15) is 42.9 Å². The first-order valence-electron chi connectivity index (χ1n) is 8.55. The largest absolute Gasteiger partial charge is 0.246 e. The first kappa shape index (κ1) is 16.7. The van der Waals surface area contributed by atoms with Crippen molar-refractivity contribution in [3.8, 4) is 0 Å². The molecule has 0 saturated heterocycles. The van der Waals surface area contributed by atoms with Crippen LogP contribution in [0, 0.1) is 11.6 Å². The number of sulfonamides is 1. The van der Waals surface area contributed by atoms with Gasteiger partial charge < -0.3 is 0 Å². The molecule has 0 amide bonds. The molecule has 0 heterocycles. The molecule has 1 saturated carbocycles. The molecule has 0 aliphatic heterocycles. The molecule has 132 valence electrons. The van der Waals surface area contributed by atoms with Gasteiger partial charge in [-0.05, 0) is 55.4 Å². The average Bonchev–Trinajstić information content (AvgIpc) is 3.39. The molecule has 3 nitrogen and oxygen atoms in total. The molecule has 0 radical (unpaired) electrons. The van der Waals surface area contributed by atoms with Gasteiger partial charge in [-0.25, -0.2) is 17.2 Å². The van der Waals surface area contributed by atoms with Crippen molar-refractivity contribution in [3.63, 3.8) is 0 Å². The molecule has 0 N–H and O–H groups in total. The van der Waals surface area contributed by atoms with E-state index in [1.54, 1.807) is 0 Å². The molecule has 6 heteroatoms. The van der Waals surface area contributed by atoms with Gasteiger partial charge in [-0.3, -0.25) is 0 Å². The molecular formula is C19H19F2NO2S. The van der Waals surface area contributed by atoms with Gasteiger partial charge in [0.25, 0.3) is 0 Å². The highest BCUT2D eigenvalue weighted by atomic mass is 32.2. The van der Waals surface area contributed by atoms with Gasteiger partial charge in [0.05, 0.1) is 6.04 Å². The van der Waals surface area contributed by atoms with Crippen molar-refractivity contribution in [3.05, 3.63) is 65.2 Å². The second-order valence-corrected chi connectivity index (χ2v) is 8.56. The fraction of sp³-hybridized carbons (Fsp3) is 0.368. The Morgan fingerprint density at radius 1 is 1.00 bits per heavy atom. The van der Waals surface area contributed by atoms with Crippen LogP contribution in [-0.4, -0.2) is 18.8 Å². The Morgan fingerprint density at radius 3 is 2.48 bits per heavy atom. The topological polar surface area (TPSA) is 37.4 Å². The SMILES string of the molecule is O=S(=O)(c1ccc(F)cc1F)N(C1CC1)[C@H]1CCCc2ccccc21. The fourth-order valence-corrected chi connectivity index (χ4v) is 5.67. The summed E-state index contributed by atoms with van der Waals surface area (Å²) in [5.41, 5.74) is 2.16. The van der Waals surface area contributed by atoms with Crippen LogP contribution in [0.15, 0.2) is 47.4 Å². The van der Waals surface area contributed by atoms with E-state index in [4.69, 9.17) is 0 Å². The summed E-state index contributed by atoms with van der Waals surface area (Å²) >= 11 is 0. The number of halogens is 2. The Bertz CT molecular complexity index is 909. The third-order valence-electron chi connectivity index (χ3n) is 5.00. The van der Waals surface area contributed by atoms with Crippen molar-refractivity contribution in [2.24, 2.45) is 0 Å². The van der Waals surface area contributed by atoms with E-state index in [2.05, 4.69) is 0 Å². The summed E-state index contributed by atoms with van der Waals surface area (Å²) in [7, 11) is -4.04. The van der Waals surface area contributed by atoms with E-state index in [-0.39, 0.29) is 12.1 Å². The lowest BCUT2D eigenvalue weighted by molar-refractivity contribution is 0.285. The summed E-state index contributed by atoms with van der Waals surface area (Å²) in [5, 5.41) is 0. The lowest BCUT2D eigenvalue weighted by Gasteiger charge is -2.35. The van der Waals surface area contributed by atoms with Gasteiger partial charge in [-0.1, -0.05) is 24.3 Å². The molecule has 2 aliphatic rings. The van der Waals surface area contributed by atoms with Crippen LogP contribution in [0.5, 0.6) is 0 Å². The predicted molar refractivity (Wildman–Crippen MR) is 90.5 cm³/mol. The number of hydrogen-bond acceptors (Lipinski definition) is 2. The van der Waals surface area contributed by atoms with Gasteiger partial charge in [0.1, 0.15) is 16.5 Å². The summed E-state index contributed by atoms with van der Waals surface area (Å²) in [6.45, 7) is 0. The minimum atomic E-state index is -4.04. The highest BCUT2D eigenvalue weighted by Gasteiger charge is 2.45. The number of aryl methyl sites for hydroxylation is 1. The smallest absolute Gasteiger partial charge is 0.207 e. The number of fused-ring (bicyclic) bond motifs is 1. The number of rotatable bonds is 4. The zero-order chi connectivity index (χ0) is 17.6. The summed E-state index contributed by atoms with van der Waals surface area (Å²) in [6.07, 6.45) is 4.10. The van der Waals surface area contributed by atoms with Crippen LogP contribution >= 0.6 is 0 Å². The van der Waals surface area contributed by atoms with Crippen LogP contribution in [0.2, 0.25) is 0 Å². The van der Waals surface area contributed by atoms with Crippen LogP contribution in [0.3, 0.4) is 0 Å². The lowest BCUT2D eigenvalue weighted by atomic mass is 9.87. The summed E-state index contributed by atoms with van der Waals surface area (Å²) < 4.78 is 55.3. The third kappa shape index (κ3) is 2.98. The van der Waals surface area contributed by atoms with E-state index in [1.165, 1.54) is 4.31 Å². The quantitative estimate of drug-likeness (QED) is 0.817. The van der Waals surface area contributed by atoms with Crippen molar-refractivity contribution in [1.82, 2.24) is 4.31 Å². The van der Waals surface area contributed by atoms with Crippen molar-refractivity contribution in [2.75, 3.05) is 0 Å². The maximum absolute atomic E-state index is 14.2. The molecule has 1 fully saturated rings. The normalized spacial score (nSPS) is 20.5. The minimum absolute atomic E-state index is 0.106. The number of hydrogen-bond donors (Lipinski definition) is 0.